The highest BCUT2D eigenvalue weighted by molar-refractivity contribution is 5.20. The topological polar surface area (TPSA) is 29.5 Å². The Bertz CT molecular complexity index is 244. The van der Waals surface area contributed by atoms with Gasteiger partial charge >= 0.3 is 0 Å². The molecular formula is C12H17O2. The first-order valence-electron chi connectivity index (χ1n) is 5.03. The van der Waals surface area contributed by atoms with Crippen molar-refractivity contribution in [2.45, 2.75) is 38.9 Å². The van der Waals surface area contributed by atoms with Crippen LogP contribution in [0.5, 0.6) is 5.75 Å². The molecule has 1 N–H and O–H groups in total. The van der Waals surface area contributed by atoms with Crippen LogP contribution < -0.4 is 4.74 Å². The molecule has 2 heteroatoms. The quantitative estimate of drug-likeness (QED) is 0.778. The summed E-state index contributed by atoms with van der Waals surface area (Å²) in [5.41, 5.74) is 0. The molecule has 0 amide bonds. The zero-order chi connectivity index (χ0) is 10.4. The molecule has 0 bridgehead atoms. The molecule has 0 aliphatic rings. The third-order valence-electron chi connectivity index (χ3n) is 2.04. The summed E-state index contributed by atoms with van der Waals surface area (Å²) in [7, 11) is 0. The number of benzene rings is 1. The maximum absolute atomic E-state index is 9.24. The van der Waals surface area contributed by atoms with E-state index in [4.69, 9.17) is 4.74 Å². The molecule has 0 aliphatic heterocycles. The minimum Gasteiger partial charge on any atom is -0.490 e. The molecule has 1 rings (SSSR count). The summed E-state index contributed by atoms with van der Waals surface area (Å²) in [6, 6.07) is 10.4. The third kappa shape index (κ3) is 3.79. The molecule has 2 atom stereocenters. The molecule has 0 aromatic heterocycles. The largest absolute Gasteiger partial charge is 0.490 e. The number of hydrogen-bond donors (Lipinski definition) is 1. The first kappa shape index (κ1) is 11.1. The average Bonchev–Trinajstić information content (AvgIpc) is 2.17. The van der Waals surface area contributed by atoms with Gasteiger partial charge in [-0.1, -0.05) is 19.1 Å². The van der Waals surface area contributed by atoms with E-state index in [1.807, 2.05) is 24.3 Å². The maximum Gasteiger partial charge on any atom is 0.120 e. The fourth-order valence-electron chi connectivity index (χ4n) is 1.32. The van der Waals surface area contributed by atoms with Gasteiger partial charge in [-0.25, -0.2) is 0 Å². The summed E-state index contributed by atoms with van der Waals surface area (Å²) in [6.45, 7) is 3.84. The Balaban J connectivity index is 2.48. The maximum atomic E-state index is 9.24. The lowest BCUT2D eigenvalue weighted by Gasteiger charge is -2.18. The minimum absolute atomic E-state index is 0.0887. The summed E-state index contributed by atoms with van der Waals surface area (Å²) in [6.07, 6.45) is 1.35. The van der Waals surface area contributed by atoms with Crippen LogP contribution in [0.3, 0.4) is 0 Å². The minimum atomic E-state index is -0.312. The van der Waals surface area contributed by atoms with E-state index in [-0.39, 0.29) is 12.2 Å². The second-order valence-electron chi connectivity index (χ2n) is 3.47. The van der Waals surface area contributed by atoms with Gasteiger partial charge in [0.05, 0.1) is 6.10 Å². The number of rotatable bonds is 5. The molecule has 2 unspecified atom stereocenters. The lowest BCUT2D eigenvalue weighted by Crippen LogP contribution is -2.20. The smallest absolute Gasteiger partial charge is 0.120 e. The Morgan fingerprint density at radius 3 is 2.86 bits per heavy atom. The highest BCUT2D eigenvalue weighted by Crippen LogP contribution is 2.15. The van der Waals surface area contributed by atoms with Crippen molar-refractivity contribution in [3.63, 3.8) is 0 Å². The van der Waals surface area contributed by atoms with Gasteiger partial charge in [0.1, 0.15) is 11.9 Å². The fourth-order valence-corrected chi connectivity index (χ4v) is 1.32. The number of aliphatic hydroxyl groups is 1. The second kappa shape index (κ2) is 5.66. The van der Waals surface area contributed by atoms with E-state index < -0.39 is 0 Å². The monoisotopic (exact) mass is 193 g/mol. The highest BCUT2D eigenvalue weighted by atomic mass is 16.5. The van der Waals surface area contributed by atoms with Crippen LogP contribution in [0.2, 0.25) is 0 Å². The molecule has 0 saturated heterocycles. The van der Waals surface area contributed by atoms with Gasteiger partial charge in [0, 0.05) is 6.42 Å². The molecule has 0 heterocycles. The Morgan fingerprint density at radius 2 is 2.36 bits per heavy atom. The molecule has 0 spiro atoms. The van der Waals surface area contributed by atoms with Crippen LogP contribution in [0.4, 0.5) is 0 Å². The first-order chi connectivity index (χ1) is 6.72. The van der Waals surface area contributed by atoms with Gasteiger partial charge in [0.25, 0.3) is 0 Å². The zero-order valence-corrected chi connectivity index (χ0v) is 8.73. The second-order valence-corrected chi connectivity index (χ2v) is 3.47. The standard InChI is InChI=1S/C12H17O2/c1-3-11(9-10(2)13)14-12-7-5-4-6-8-12/h4-5,7-8,10-11,13H,3,9H2,1-2H3. The molecule has 0 aliphatic carbocycles. The van der Waals surface area contributed by atoms with Gasteiger partial charge < -0.3 is 9.84 Å². The van der Waals surface area contributed by atoms with Gasteiger partial charge in [-0.15, -0.1) is 0 Å². The van der Waals surface area contributed by atoms with Gasteiger partial charge in [-0.3, -0.25) is 0 Å². The van der Waals surface area contributed by atoms with Crippen molar-refractivity contribution in [1.29, 1.82) is 0 Å². The van der Waals surface area contributed by atoms with E-state index in [2.05, 4.69) is 13.0 Å². The summed E-state index contributed by atoms with van der Waals surface area (Å²) in [5, 5.41) is 9.24. The van der Waals surface area contributed by atoms with Crippen LogP contribution in [0.1, 0.15) is 26.7 Å². The third-order valence-corrected chi connectivity index (χ3v) is 2.04. The summed E-state index contributed by atoms with van der Waals surface area (Å²) >= 11 is 0. The lowest BCUT2D eigenvalue weighted by atomic mass is 10.1. The van der Waals surface area contributed by atoms with E-state index in [0.717, 1.165) is 12.2 Å². The molecule has 0 fully saturated rings. The lowest BCUT2D eigenvalue weighted by molar-refractivity contribution is 0.103. The predicted octanol–water partition coefficient (Wildman–Crippen LogP) is 2.42. The van der Waals surface area contributed by atoms with Crippen LogP contribution in [-0.2, 0) is 0 Å². The van der Waals surface area contributed by atoms with Crippen molar-refractivity contribution in [3.8, 4) is 5.75 Å². The number of hydrogen-bond acceptors (Lipinski definition) is 2. The van der Waals surface area contributed by atoms with E-state index in [1.165, 1.54) is 0 Å². The Labute approximate surface area is 85.5 Å². The Kier molecular flexibility index (Phi) is 4.47. The predicted molar refractivity (Wildman–Crippen MR) is 56.3 cm³/mol. The van der Waals surface area contributed by atoms with Gasteiger partial charge in [0.2, 0.25) is 0 Å². The highest BCUT2D eigenvalue weighted by Gasteiger charge is 2.10. The zero-order valence-electron chi connectivity index (χ0n) is 8.73. The van der Waals surface area contributed by atoms with Crippen molar-refractivity contribution >= 4 is 0 Å². The molecule has 1 aromatic carbocycles. The van der Waals surface area contributed by atoms with Crippen LogP contribution in [-0.4, -0.2) is 17.3 Å². The molecule has 1 radical (unpaired) electrons. The van der Waals surface area contributed by atoms with Crippen LogP contribution in [0, 0.1) is 6.07 Å². The van der Waals surface area contributed by atoms with E-state index >= 15 is 0 Å². The fraction of sp³-hybridized carbons (Fsp3) is 0.500. The van der Waals surface area contributed by atoms with Gasteiger partial charge in [-0.05, 0) is 31.5 Å². The normalized spacial score (nSPS) is 14.8. The van der Waals surface area contributed by atoms with E-state index in [1.54, 1.807) is 6.92 Å². The summed E-state index contributed by atoms with van der Waals surface area (Å²) < 4.78 is 5.68. The molecule has 1 aromatic rings. The van der Waals surface area contributed by atoms with Crippen LogP contribution in [0.15, 0.2) is 24.3 Å². The number of ether oxygens (including phenoxy) is 1. The summed E-state index contributed by atoms with van der Waals surface area (Å²) in [4.78, 5) is 0. The number of aliphatic hydroxyl groups excluding tert-OH is 1. The molecular weight excluding hydrogens is 176 g/mol. The van der Waals surface area contributed by atoms with Crippen LogP contribution in [0.25, 0.3) is 0 Å². The Hall–Kier alpha value is -1.02. The van der Waals surface area contributed by atoms with Gasteiger partial charge in [0.15, 0.2) is 0 Å². The van der Waals surface area contributed by atoms with Gasteiger partial charge in [-0.2, -0.15) is 0 Å². The van der Waals surface area contributed by atoms with E-state index in [9.17, 15) is 5.11 Å². The first-order valence-corrected chi connectivity index (χ1v) is 5.03. The van der Waals surface area contributed by atoms with Crippen molar-refractivity contribution in [3.05, 3.63) is 30.3 Å². The summed E-state index contributed by atoms with van der Waals surface area (Å²) in [5.74, 6) is 0.819. The SMILES string of the molecule is CCC(CC(C)O)Oc1c[c]ccc1. The van der Waals surface area contributed by atoms with Crippen molar-refractivity contribution in [2.75, 3.05) is 0 Å². The van der Waals surface area contributed by atoms with Crippen molar-refractivity contribution in [1.82, 2.24) is 0 Å². The molecule has 77 valence electrons. The van der Waals surface area contributed by atoms with Crippen molar-refractivity contribution in [2.24, 2.45) is 0 Å². The van der Waals surface area contributed by atoms with Crippen molar-refractivity contribution < 1.29 is 9.84 Å². The molecule has 14 heavy (non-hydrogen) atoms. The van der Waals surface area contributed by atoms with Crippen LogP contribution >= 0.6 is 0 Å². The Morgan fingerprint density at radius 1 is 1.57 bits per heavy atom. The molecule has 2 nitrogen and oxygen atoms in total. The van der Waals surface area contributed by atoms with E-state index in [0.29, 0.717) is 6.42 Å². The molecule has 0 saturated carbocycles. The average molecular weight is 193 g/mol.